The summed E-state index contributed by atoms with van der Waals surface area (Å²) in [4.78, 5) is 43.4. The lowest BCUT2D eigenvalue weighted by atomic mass is 9.66. The van der Waals surface area contributed by atoms with Crippen molar-refractivity contribution in [2.45, 2.75) is 68.6 Å². The molecule has 5 N–H and O–H groups in total. The molecule has 42 heavy (non-hydrogen) atoms. The molecule has 1 aliphatic carbocycles. The van der Waals surface area contributed by atoms with E-state index in [0.717, 1.165) is 32.2 Å². The summed E-state index contributed by atoms with van der Waals surface area (Å²) in [7, 11) is -9.54. The summed E-state index contributed by atoms with van der Waals surface area (Å²) < 4.78 is 35.2. The van der Waals surface area contributed by atoms with Gasteiger partial charge in [0.25, 0.3) is 0 Å². The molecular formula is C25H32ClN5O9P2. The first-order valence-corrected chi connectivity index (χ1v) is 17.6. The van der Waals surface area contributed by atoms with Crippen molar-refractivity contribution in [1.82, 2.24) is 19.5 Å². The first-order chi connectivity index (χ1) is 19.9. The molecule has 4 heterocycles. The number of aliphatic hydroxyl groups is 2. The third-order valence-electron chi connectivity index (χ3n) is 8.34. The highest BCUT2D eigenvalue weighted by molar-refractivity contribution is 7.70. The van der Waals surface area contributed by atoms with Crippen molar-refractivity contribution >= 4 is 43.8 Å². The van der Waals surface area contributed by atoms with Gasteiger partial charge in [0.1, 0.15) is 18.3 Å². The van der Waals surface area contributed by atoms with Gasteiger partial charge in [-0.3, -0.25) is 13.7 Å². The number of hydrogen-bond acceptors (Lipinski definition) is 10. The van der Waals surface area contributed by atoms with Crippen LogP contribution in [-0.4, -0.2) is 81.8 Å². The average Bonchev–Trinajstić information content (AvgIpc) is 3.46. The van der Waals surface area contributed by atoms with Gasteiger partial charge in [0, 0.05) is 18.5 Å². The zero-order valence-electron chi connectivity index (χ0n) is 22.4. The molecule has 1 spiro atoms. The van der Waals surface area contributed by atoms with Crippen LogP contribution in [0.1, 0.15) is 49.5 Å². The second-order valence-corrected chi connectivity index (χ2v) is 15.6. The lowest BCUT2D eigenvalue weighted by Crippen LogP contribution is -2.47. The molecule has 0 bridgehead atoms. The average molecular weight is 644 g/mol. The summed E-state index contributed by atoms with van der Waals surface area (Å²) >= 11 is 6.42. The molecule has 1 saturated carbocycles. The molecule has 5 atom stereocenters. The Morgan fingerprint density at radius 2 is 1.81 bits per heavy atom. The Kier molecular flexibility index (Phi) is 8.02. The van der Waals surface area contributed by atoms with Crippen molar-refractivity contribution in [3.05, 3.63) is 47.0 Å². The van der Waals surface area contributed by atoms with E-state index >= 15 is 0 Å². The Bertz CT molecular complexity index is 1580. The minimum absolute atomic E-state index is 0.0204. The van der Waals surface area contributed by atoms with Crippen LogP contribution in [0.25, 0.3) is 11.2 Å². The maximum atomic E-state index is 12.1. The number of imidazole rings is 1. The largest absolute Gasteiger partial charge is 0.387 e. The Morgan fingerprint density at radius 1 is 1.07 bits per heavy atom. The van der Waals surface area contributed by atoms with Crippen LogP contribution in [0.5, 0.6) is 0 Å². The van der Waals surface area contributed by atoms with Crippen molar-refractivity contribution in [3.8, 4) is 0 Å². The zero-order chi connectivity index (χ0) is 29.9. The van der Waals surface area contributed by atoms with Crippen molar-refractivity contribution in [3.63, 3.8) is 0 Å². The molecule has 0 amide bonds. The van der Waals surface area contributed by atoms with E-state index in [-0.39, 0.29) is 16.3 Å². The molecule has 14 nitrogen and oxygen atoms in total. The van der Waals surface area contributed by atoms with E-state index in [4.69, 9.17) is 30.6 Å². The van der Waals surface area contributed by atoms with Gasteiger partial charge in [-0.05, 0) is 35.6 Å². The van der Waals surface area contributed by atoms with Crippen molar-refractivity contribution in [1.29, 1.82) is 0 Å². The summed E-state index contributed by atoms with van der Waals surface area (Å²) in [5, 5.41) is 21.4. The van der Waals surface area contributed by atoms with E-state index in [1.807, 2.05) is 6.07 Å². The normalized spacial score (nSPS) is 27.3. The third-order valence-corrected chi connectivity index (χ3v) is 12.0. The van der Waals surface area contributed by atoms with Crippen LogP contribution < -0.4 is 4.90 Å². The number of aromatic nitrogens is 4. The van der Waals surface area contributed by atoms with Gasteiger partial charge in [-0.25, -0.2) is 4.98 Å². The third kappa shape index (κ3) is 5.78. The van der Waals surface area contributed by atoms with E-state index in [1.54, 1.807) is 0 Å². The van der Waals surface area contributed by atoms with Crippen molar-refractivity contribution in [2.24, 2.45) is 0 Å². The van der Waals surface area contributed by atoms with Gasteiger partial charge in [-0.2, -0.15) is 9.97 Å². The Labute approximate surface area is 246 Å². The summed E-state index contributed by atoms with van der Waals surface area (Å²) in [5.74, 6) is -0.851. The number of hydrogen-bond donors (Lipinski definition) is 5. The number of fused-ring (bicyclic) bond motifs is 3. The van der Waals surface area contributed by atoms with Gasteiger partial charge < -0.3 is 39.1 Å². The highest BCUT2D eigenvalue weighted by Crippen LogP contribution is 2.55. The second kappa shape index (κ2) is 11.2. The molecule has 2 aliphatic heterocycles. The molecule has 0 radical (unpaired) electrons. The summed E-state index contributed by atoms with van der Waals surface area (Å²) in [5.41, 5.74) is 3.26. The van der Waals surface area contributed by atoms with Gasteiger partial charge in [0.2, 0.25) is 5.28 Å². The Hall–Kier alpha value is -1.96. The van der Waals surface area contributed by atoms with Crippen molar-refractivity contribution < 1.29 is 43.3 Å². The summed E-state index contributed by atoms with van der Waals surface area (Å²) in [6.45, 7) is 0.630. The fourth-order valence-corrected chi connectivity index (χ4v) is 9.27. The Morgan fingerprint density at radius 3 is 2.55 bits per heavy atom. The number of nitrogens with zero attached hydrogens (tertiary/aromatic N) is 5. The van der Waals surface area contributed by atoms with Gasteiger partial charge >= 0.3 is 15.2 Å². The van der Waals surface area contributed by atoms with E-state index in [2.05, 4.69) is 38.1 Å². The molecule has 1 aromatic carbocycles. The molecule has 1 saturated heterocycles. The second-order valence-electron chi connectivity index (χ2n) is 11.3. The molecule has 2 fully saturated rings. The van der Waals surface area contributed by atoms with Crippen LogP contribution in [-0.2, 0) is 30.4 Å². The number of halogens is 1. The lowest BCUT2D eigenvalue weighted by molar-refractivity contribution is -0.0483. The maximum Gasteiger partial charge on any atom is 0.340 e. The van der Waals surface area contributed by atoms with Gasteiger partial charge in [0.05, 0.1) is 12.9 Å². The van der Waals surface area contributed by atoms with Gasteiger partial charge in [-0.1, -0.05) is 43.5 Å². The predicted octanol–water partition coefficient (Wildman–Crippen LogP) is 2.66. The van der Waals surface area contributed by atoms with E-state index < -0.39 is 52.2 Å². The summed E-state index contributed by atoms with van der Waals surface area (Å²) in [6, 6.07) is 8.47. The highest BCUT2D eigenvalue weighted by atomic mass is 35.5. The minimum Gasteiger partial charge on any atom is -0.387 e. The number of ether oxygens (including phenoxy) is 1. The van der Waals surface area contributed by atoms with Gasteiger partial charge in [0.15, 0.2) is 29.1 Å². The lowest BCUT2D eigenvalue weighted by Gasteiger charge is -2.47. The Balaban J connectivity index is 1.29. The SMILES string of the molecule is O=P(O)(O)CP(=O)(O)OC[C@H]1O[C@@H](n2cnc3c(N4Cc5ccccc5C5(CCCCC5)C4)nc(Cl)nc32)C(O)C1O. The molecule has 3 aliphatic rings. The van der Waals surface area contributed by atoms with Gasteiger partial charge in [-0.15, -0.1) is 0 Å². The van der Waals surface area contributed by atoms with E-state index in [0.29, 0.717) is 17.9 Å². The maximum absolute atomic E-state index is 12.1. The topological polar surface area (TPSA) is 201 Å². The molecule has 228 valence electrons. The molecule has 17 heteroatoms. The number of anilines is 1. The molecule has 3 aromatic rings. The van der Waals surface area contributed by atoms with Crippen molar-refractivity contribution in [2.75, 3.05) is 24.0 Å². The number of aliphatic hydroxyl groups excluding tert-OH is 2. The van der Waals surface area contributed by atoms with Crippen LogP contribution in [0, 0.1) is 0 Å². The first kappa shape index (κ1) is 30.1. The van der Waals surface area contributed by atoms with E-state index in [9.17, 15) is 24.2 Å². The fourth-order valence-electron chi connectivity index (χ4n) is 6.54. The van der Waals surface area contributed by atoms with Crippen LogP contribution in [0.3, 0.4) is 0 Å². The highest BCUT2D eigenvalue weighted by Gasteiger charge is 2.46. The number of benzene rings is 1. The molecule has 3 unspecified atom stereocenters. The molecular weight excluding hydrogens is 612 g/mol. The van der Waals surface area contributed by atoms with Crippen LogP contribution in [0.4, 0.5) is 5.82 Å². The van der Waals surface area contributed by atoms with Crippen LogP contribution >= 0.6 is 26.8 Å². The first-order valence-electron chi connectivity index (χ1n) is 13.6. The van der Waals surface area contributed by atoms with Crippen LogP contribution in [0.2, 0.25) is 5.28 Å². The quantitative estimate of drug-likeness (QED) is 0.186. The molecule has 6 rings (SSSR count). The minimum atomic E-state index is -4.84. The van der Waals surface area contributed by atoms with Crippen LogP contribution in [0.15, 0.2) is 30.6 Å². The van der Waals surface area contributed by atoms with E-state index in [1.165, 1.54) is 28.4 Å². The predicted molar refractivity (Wildman–Crippen MR) is 151 cm³/mol. The number of rotatable bonds is 7. The standard InChI is InChI=1S/C25H32ClN5O9P2/c26-24-28-21(30-10-15-6-2-3-7-16(15)25(12-30)8-4-1-5-9-25)18-22(29-24)31(13-27-18)23-20(33)19(32)17(40-23)11-39-42(37,38)14-41(34,35)36/h2-3,6-7,13,17,19-20,23,32-33H,1,4-5,8-12,14H2,(H,37,38)(H2,34,35,36)/t17-,19?,20?,23-/m1/s1. The smallest absolute Gasteiger partial charge is 0.340 e. The fraction of sp³-hybridized carbons (Fsp3) is 0.560. The molecule has 2 aromatic heterocycles. The monoisotopic (exact) mass is 643 g/mol. The zero-order valence-corrected chi connectivity index (χ0v) is 25.0. The summed E-state index contributed by atoms with van der Waals surface area (Å²) in [6.07, 6.45) is 1.44.